The summed E-state index contributed by atoms with van der Waals surface area (Å²) < 4.78 is 36.8. The van der Waals surface area contributed by atoms with E-state index in [0.29, 0.717) is 29.5 Å². The van der Waals surface area contributed by atoms with Crippen molar-refractivity contribution >= 4 is 39.8 Å². The van der Waals surface area contributed by atoms with E-state index < -0.39 is 9.84 Å². The van der Waals surface area contributed by atoms with Crippen molar-refractivity contribution in [1.82, 2.24) is 15.5 Å². The molecule has 1 aromatic rings. The highest BCUT2D eigenvalue weighted by molar-refractivity contribution is 14.0. The monoisotopic (exact) mass is 526 g/mol. The van der Waals surface area contributed by atoms with Crippen LogP contribution < -0.4 is 10.6 Å². The third-order valence-electron chi connectivity index (χ3n) is 4.64. The molecule has 1 saturated heterocycles. The Balaban J connectivity index is 0.00000392. The van der Waals surface area contributed by atoms with Crippen molar-refractivity contribution in [2.24, 2.45) is 10.9 Å². The van der Waals surface area contributed by atoms with Gasteiger partial charge in [0, 0.05) is 32.9 Å². The van der Waals surface area contributed by atoms with Gasteiger partial charge in [0.1, 0.15) is 5.82 Å². The van der Waals surface area contributed by atoms with E-state index in [2.05, 4.69) is 27.4 Å². The number of aliphatic imine (C=N–C) groups is 1. The van der Waals surface area contributed by atoms with E-state index >= 15 is 0 Å². The molecular weight excluding hydrogens is 494 g/mol. The van der Waals surface area contributed by atoms with Crippen molar-refractivity contribution in [3.05, 3.63) is 35.1 Å². The maximum absolute atomic E-state index is 13.6. The van der Waals surface area contributed by atoms with Crippen LogP contribution in [0.2, 0.25) is 0 Å². The number of guanidine groups is 1. The van der Waals surface area contributed by atoms with Gasteiger partial charge < -0.3 is 15.5 Å². The van der Waals surface area contributed by atoms with Crippen LogP contribution in [-0.4, -0.2) is 58.8 Å². The van der Waals surface area contributed by atoms with E-state index in [-0.39, 0.29) is 35.5 Å². The molecule has 6 nitrogen and oxygen atoms in total. The van der Waals surface area contributed by atoms with Gasteiger partial charge in [0.15, 0.2) is 15.8 Å². The normalized spacial score (nSPS) is 16.5. The van der Waals surface area contributed by atoms with Crippen LogP contribution in [0.3, 0.4) is 0 Å². The summed E-state index contributed by atoms with van der Waals surface area (Å²) in [5.74, 6) is 0.615. The average molecular weight is 526 g/mol. The topological polar surface area (TPSA) is 73.8 Å². The third-order valence-corrected chi connectivity index (χ3v) is 5.48. The Bertz CT molecular complexity index is 752. The second-order valence-corrected chi connectivity index (χ2v) is 9.54. The number of sulfone groups is 1. The molecule has 2 N–H and O–H groups in total. The molecule has 0 aromatic heterocycles. The molecule has 28 heavy (non-hydrogen) atoms. The van der Waals surface area contributed by atoms with Crippen LogP contribution in [0.25, 0.3) is 0 Å². The predicted molar refractivity (Wildman–Crippen MR) is 123 cm³/mol. The summed E-state index contributed by atoms with van der Waals surface area (Å²) in [6.07, 6.45) is 3.75. The summed E-state index contributed by atoms with van der Waals surface area (Å²) in [7, 11) is -1.51. The first-order chi connectivity index (χ1) is 12.8. The number of nitrogens with one attached hydrogen (secondary N) is 2. The molecule has 0 radical (unpaired) electrons. The van der Waals surface area contributed by atoms with Gasteiger partial charge in [0.25, 0.3) is 0 Å². The predicted octanol–water partition coefficient (Wildman–Crippen LogP) is 2.39. The van der Waals surface area contributed by atoms with Crippen molar-refractivity contribution in [1.29, 1.82) is 0 Å². The van der Waals surface area contributed by atoms with Crippen molar-refractivity contribution in [3.63, 3.8) is 0 Å². The number of hydrogen-bond acceptors (Lipinski definition) is 4. The lowest BCUT2D eigenvalue weighted by Gasteiger charge is -2.21. The molecule has 1 atom stereocenters. The minimum Gasteiger partial charge on any atom is -0.356 e. The maximum Gasteiger partial charge on any atom is 0.191 e. The van der Waals surface area contributed by atoms with Gasteiger partial charge in [-0.2, -0.15) is 0 Å². The van der Waals surface area contributed by atoms with E-state index in [4.69, 9.17) is 0 Å². The van der Waals surface area contributed by atoms with Crippen LogP contribution >= 0.6 is 24.0 Å². The van der Waals surface area contributed by atoms with Crippen LogP contribution in [0, 0.1) is 11.7 Å². The third kappa shape index (κ3) is 9.04. The van der Waals surface area contributed by atoms with Crippen molar-refractivity contribution in [2.45, 2.75) is 32.1 Å². The largest absolute Gasteiger partial charge is 0.356 e. The summed E-state index contributed by atoms with van der Waals surface area (Å²) >= 11 is 0. The number of likely N-dealkylation sites (tertiary alicyclic amines) is 1. The zero-order valence-corrected chi connectivity index (χ0v) is 20.0. The Kier molecular flexibility index (Phi) is 10.7. The molecule has 160 valence electrons. The molecule has 1 heterocycles. The van der Waals surface area contributed by atoms with Crippen LogP contribution in [0.1, 0.15) is 30.9 Å². The molecule has 1 unspecified atom stereocenters. The number of nitrogens with zero attached hydrogens (tertiary/aromatic N) is 2. The molecule has 2 rings (SSSR count). The molecular formula is C19H32FIN4O2S. The smallest absolute Gasteiger partial charge is 0.191 e. The molecule has 0 saturated carbocycles. The lowest BCUT2D eigenvalue weighted by molar-refractivity contribution is 0.287. The second kappa shape index (κ2) is 11.9. The van der Waals surface area contributed by atoms with E-state index in [1.807, 2.05) is 0 Å². The summed E-state index contributed by atoms with van der Waals surface area (Å²) in [6.45, 7) is 6.72. The molecule has 1 aromatic carbocycles. The summed E-state index contributed by atoms with van der Waals surface area (Å²) in [6, 6.07) is 4.19. The number of halogens is 2. The van der Waals surface area contributed by atoms with Gasteiger partial charge in [0.2, 0.25) is 0 Å². The fourth-order valence-corrected chi connectivity index (χ4v) is 4.17. The van der Waals surface area contributed by atoms with Crippen molar-refractivity contribution in [3.8, 4) is 0 Å². The summed E-state index contributed by atoms with van der Waals surface area (Å²) in [5.41, 5.74) is 1.22. The van der Waals surface area contributed by atoms with Gasteiger partial charge >= 0.3 is 0 Å². The van der Waals surface area contributed by atoms with Gasteiger partial charge in [-0.15, -0.1) is 24.0 Å². The average Bonchev–Trinajstić information content (AvgIpc) is 3.09. The molecule has 1 aliphatic rings. The van der Waals surface area contributed by atoms with Gasteiger partial charge in [-0.25, -0.2) is 12.8 Å². The Morgan fingerprint density at radius 1 is 1.25 bits per heavy atom. The number of rotatable bonds is 8. The Hall–Kier alpha value is -0.940. The standard InChI is InChI=1S/C19H31FN4O2S.HI/c1-15(13-24-8-4-5-9-24)11-22-19(21-2)23-12-17-10-18(20)7-6-16(17)14-27(3,25)26;/h6-7,10,15H,4-5,8-9,11-14H2,1-3H3,(H2,21,22,23);1H. The van der Waals surface area contributed by atoms with Crippen molar-refractivity contribution in [2.75, 3.05) is 39.5 Å². The van der Waals surface area contributed by atoms with E-state index in [0.717, 1.165) is 13.1 Å². The van der Waals surface area contributed by atoms with Crippen LogP contribution in [0.4, 0.5) is 4.39 Å². The Morgan fingerprint density at radius 2 is 1.93 bits per heavy atom. The highest BCUT2D eigenvalue weighted by atomic mass is 127. The van der Waals surface area contributed by atoms with E-state index in [1.165, 1.54) is 50.4 Å². The maximum atomic E-state index is 13.6. The first-order valence-electron chi connectivity index (χ1n) is 9.38. The number of hydrogen-bond donors (Lipinski definition) is 2. The number of benzene rings is 1. The molecule has 9 heteroatoms. The van der Waals surface area contributed by atoms with Gasteiger partial charge in [-0.05, 0) is 55.1 Å². The van der Waals surface area contributed by atoms with Crippen LogP contribution in [0.15, 0.2) is 23.2 Å². The second-order valence-electron chi connectivity index (χ2n) is 7.40. The van der Waals surface area contributed by atoms with E-state index in [9.17, 15) is 12.8 Å². The van der Waals surface area contributed by atoms with Crippen molar-refractivity contribution < 1.29 is 12.8 Å². The van der Waals surface area contributed by atoms with Crippen LogP contribution in [-0.2, 0) is 22.1 Å². The highest BCUT2D eigenvalue weighted by Crippen LogP contribution is 2.14. The summed E-state index contributed by atoms with van der Waals surface area (Å²) in [4.78, 5) is 6.68. The van der Waals surface area contributed by atoms with Crippen LogP contribution in [0.5, 0.6) is 0 Å². The highest BCUT2D eigenvalue weighted by Gasteiger charge is 2.15. The van der Waals surface area contributed by atoms with E-state index in [1.54, 1.807) is 7.05 Å². The SMILES string of the molecule is CN=C(NCc1cc(F)ccc1CS(C)(=O)=O)NCC(C)CN1CCCC1.I. The Labute approximate surface area is 185 Å². The zero-order valence-electron chi connectivity index (χ0n) is 16.9. The molecule has 0 amide bonds. The quantitative estimate of drug-likeness (QED) is 0.309. The minimum atomic E-state index is -3.19. The van der Waals surface area contributed by atoms with Gasteiger partial charge in [0.05, 0.1) is 5.75 Å². The fourth-order valence-electron chi connectivity index (χ4n) is 3.32. The fraction of sp³-hybridized carbons (Fsp3) is 0.632. The first kappa shape index (κ1) is 25.1. The minimum absolute atomic E-state index is 0. The Morgan fingerprint density at radius 3 is 2.54 bits per heavy atom. The lowest BCUT2D eigenvalue weighted by Crippen LogP contribution is -2.41. The van der Waals surface area contributed by atoms with Gasteiger partial charge in [-0.3, -0.25) is 4.99 Å². The summed E-state index contributed by atoms with van der Waals surface area (Å²) in [5, 5.41) is 6.45. The van der Waals surface area contributed by atoms with Gasteiger partial charge in [-0.1, -0.05) is 13.0 Å². The molecule has 0 spiro atoms. The molecule has 0 bridgehead atoms. The lowest BCUT2D eigenvalue weighted by atomic mass is 10.1. The molecule has 1 fully saturated rings. The molecule has 1 aliphatic heterocycles. The first-order valence-corrected chi connectivity index (χ1v) is 11.4. The zero-order chi connectivity index (χ0) is 19.9. The molecule has 0 aliphatic carbocycles.